The van der Waals surface area contributed by atoms with E-state index in [9.17, 15) is 4.79 Å². The highest BCUT2D eigenvalue weighted by molar-refractivity contribution is 5.97. The normalized spacial score (nSPS) is 15.5. The largest absolute Gasteiger partial charge is 0.465 e. The van der Waals surface area contributed by atoms with Gasteiger partial charge in [-0.3, -0.25) is 0 Å². The third-order valence-electron chi connectivity index (χ3n) is 2.89. The van der Waals surface area contributed by atoms with E-state index < -0.39 is 6.09 Å². The number of amidine groups is 1. The highest BCUT2D eigenvalue weighted by Gasteiger charge is 2.20. The number of carbonyl (C=O) groups is 1. The van der Waals surface area contributed by atoms with Crippen LogP contribution in [0.1, 0.15) is 16.7 Å². The van der Waals surface area contributed by atoms with Gasteiger partial charge in [0.05, 0.1) is 0 Å². The fourth-order valence-corrected chi connectivity index (χ4v) is 1.94. The Balaban J connectivity index is 2.32. The van der Waals surface area contributed by atoms with Gasteiger partial charge in [-0.2, -0.15) is 0 Å². The molecule has 17 heavy (non-hydrogen) atoms. The number of benzene rings is 1. The predicted molar refractivity (Wildman–Crippen MR) is 61.1 cm³/mol. The lowest BCUT2D eigenvalue weighted by molar-refractivity contribution is 0.140. The van der Waals surface area contributed by atoms with Crippen molar-refractivity contribution in [3.8, 4) is 0 Å². The summed E-state index contributed by atoms with van der Waals surface area (Å²) >= 11 is 0. The molecule has 1 aliphatic heterocycles. The van der Waals surface area contributed by atoms with Crippen molar-refractivity contribution >= 4 is 11.9 Å². The van der Waals surface area contributed by atoms with Gasteiger partial charge in [0.25, 0.3) is 0 Å². The Hall–Kier alpha value is -2.24. The molecule has 0 bridgehead atoms. The van der Waals surface area contributed by atoms with E-state index >= 15 is 0 Å². The number of fused-ring (bicyclic) bond motifs is 1. The number of nitrogens with two attached hydrogens (primary N) is 1. The van der Waals surface area contributed by atoms with Crippen molar-refractivity contribution in [1.82, 2.24) is 4.90 Å². The van der Waals surface area contributed by atoms with E-state index in [0.29, 0.717) is 25.1 Å². The predicted octanol–water partition coefficient (Wildman–Crippen LogP) is 0.817. The molecular weight excluding hydrogens is 222 g/mol. The number of hydrogen-bond acceptors (Lipinski definition) is 3. The van der Waals surface area contributed by atoms with E-state index in [0.717, 1.165) is 11.1 Å². The summed E-state index contributed by atoms with van der Waals surface area (Å²) in [5, 5.41) is 20.4. The van der Waals surface area contributed by atoms with Gasteiger partial charge in [0.2, 0.25) is 0 Å². The molecule has 0 atom stereocenters. The molecule has 2 rings (SSSR count). The first-order valence-corrected chi connectivity index (χ1v) is 5.19. The number of nitrogens with zero attached hydrogens (tertiary/aromatic N) is 2. The molecule has 4 N–H and O–H groups in total. The highest BCUT2D eigenvalue weighted by atomic mass is 16.4. The molecule has 1 aromatic rings. The van der Waals surface area contributed by atoms with E-state index in [-0.39, 0.29) is 5.84 Å². The van der Waals surface area contributed by atoms with Crippen LogP contribution in [0.15, 0.2) is 23.4 Å². The minimum absolute atomic E-state index is 0.0280. The Bertz CT molecular complexity index is 485. The van der Waals surface area contributed by atoms with E-state index in [1.165, 1.54) is 4.90 Å². The van der Waals surface area contributed by atoms with Crippen LogP contribution in [0.3, 0.4) is 0 Å². The second-order valence-corrected chi connectivity index (χ2v) is 3.92. The molecule has 0 radical (unpaired) electrons. The van der Waals surface area contributed by atoms with Crippen molar-refractivity contribution in [2.24, 2.45) is 10.9 Å². The number of amides is 1. The Morgan fingerprint density at radius 2 is 2.18 bits per heavy atom. The standard InChI is InChI=1S/C11H13N3O3/c12-10(13-17)8-2-1-7-3-4-14(11(15)16)6-9(7)5-8/h1-2,5,17H,3-4,6H2,(H2,12,13)(H,15,16). The number of carboxylic acid groups (broad SMARTS) is 1. The van der Waals surface area contributed by atoms with Crippen LogP contribution in [0.5, 0.6) is 0 Å². The van der Waals surface area contributed by atoms with E-state index in [2.05, 4.69) is 5.16 Å². The van der Waals surface area contributed by atoms with Gasteiger partial charge >= 0.3 is 6.09 Å². The van der Waals surface area contributed by atoms with Crippen molar-refractivity contribution in [1.29, 1.82) is 0 Å². The second-order valence-electron chi connectivity index (χ2n) is 3.92. The van der Waals surface area contributed by atoms with Gasteiger partial charge in [-0.1, -0.05) is 17.3 Å². The molecule has 1 aromatic carbocycles. The lowest BCUT2D eigenvalue weighted by Gasteiger charge is -2.26. The van der Waals surface area contributed by atoms with Crippen molar-refractivity contribution in [2.45, 2.75) is 13.0 Å². The topological polar surface area (TPSA) is 99.2 Å². The zero-order valence-electron chi connectivity index (χ0n) is 9.13. The molecule has 0 aliphatic carbocycles. The van der Waals surface area contributed by atoms with Gasteiger partial charge in [0.1, 0.15) is 0 Å². The molecule has 6 nitrogen and oxygen atoms in total. The van der Waals surface area contributed by atoms with Crippen molar-refractivity contribution < 1.29 is 15.1 Å². The maximum atomic E-state index is 10.9. The van der Waals surface area contributed by atoms with Crippen LogP contribution in [0.2, 0.25) is 0 Å². The molecule has 1 heterocycles. The van der Waals surface area contributed by atoms with E-state index in [4.69, 9.17) is 16.0 Å². The zero-order chi connectivity index (χ0) is 12.4. The first-order valence-electron chi connectivity index (χ1n) is 5.19. The Morgan fingerprint density at radius 3 is 2.82 bits per heavy atom. The van der Waals surface area contributed by atoms with Gasteiger partial charge in [0, 0.05) is 18.7 Å². The summed E-state index contributed by atoms with van der Waals surface area (Å²) in [6, 6.07) is 5.42. The second kappa shape index (κ2) is 4.32. The van der Waals surface area contributed by atoms with Crippen molar-refractivity contribution in [3.63, 3.8) is 0 Å². The fraction of sp³-hybridized carbons (Fsp3) is 0.273. The summed E-state index contributed by atoms with van der Waals surface area (Å²) in [7, 11) is 0. The molecule has 0 saturated carbocycles. The zero-order valence-corrected chi connectivity index (χ0v) is 9.13. The summed E-state index contributed by atoms with van der Waals surface area (Å²) in [6.07, 6.45) is -0.234. The summed E-state index contributed by atoms with van der Waals surface area (Å²) < 4.78 is 0. The lowest BCUT2D eigenvalue weighted by Crippen LogP contribution is -2.34. The molecule has 0 unspecified atom stereocenters. The number of hydrogen-bond donors (Lipinski definition) is 3. The summed E-state index contributed by atoms with van der Waals surface area (Å²) in [6.45, 7) is 0.850. The first kappa shape index (κ1) is 11.3. The van der Waals surface area contributed by atoms with Crippen LogP contribution in [0.25, 0.3) is 0 Å². The maximum absolute atomic E-state index is 10.9. The van der Waals surface area contributed by atoms with Gasteiger partial charge < -0.3 is 20.9 Å². The van der Waals surface area contributed by atoms with Crippen LogP contribution < -0.4 is 5.73 Å². The molecule has 0 saturated heterocycles. The smallest absolute Gasteiger partial charge is 0.407 e. The number of oxime groups is 1. The van der Waals surface area contributed by atoms with Crippen LogP contribution in [0, 0.1) is 0 Å². The Morgan fingerprint density at radius 1 is 1.41 bits per heavy atom. The summed E-state index contributed by atoms with van der Waals surface area (Å²) in [5.74, 6) is 0.0280. The molecule has 0 spiro atoms. The Kier molecular flexibility index (Phi) is 2.86. The van der Waals surface area contributed by atoms with Gasteiger partial charge in [-0.25, -0.2) is 4.79 Å². The molecular formula is C11H13N3O3. The average Bonchev–Trinajstić information content (AvgIpc) is 2.36. The first-order chi connectivity index (χ1) is 8.11. The maximum Gasteiger partial charge on any atom is 0.407 e. The van der Waals surface area contributed by atoms with Crippen LogP contribution in [0.4, 0.5) is 4.79 Å². The van der Waals surface area contributed by atoms with E-state index in [1.54, 1.807) is 12.1 Å². The lowest BCUT2D eigenvalue weighted by atomic mass is 9.97. The minimum Gasteiger partial charge on any atom is -0.465 e. The Labute approximate surface area is 97.9 Å². The van der Waals surface area contributed by atoms with Crippen LogP contribution in [-0.2, 0) is 13.0 Å². The highest BCUT2D eigenvalue weighted by Crippen LogP contribution is 2.20. The molecule has 90 valence electrons. The van der Waals surface area contributed by atoms with Gasteiger partial charge in [-0.15, -0.1) is 0 Å². The average molecular weight is 235 g/mol. The molecule has 1 amide bonds. The SMILES string of the molecule is N/C(=N\O)c1ccc2c(c1)CN(C(=O)O)CC2. The number of rotatable bonds is 1. The monoisotopic (exact) mass is 235 g/mol. The van der Waals surface area contributed by atoms with Crippen LogP contribution in [-0.4, -0.2) is 33.7 Å². The molecule has 1 aliphatic rings. The van der Waals surface area contributed by atoms with Crippen molar-refractivity contribution in [2.75, 3.05) is 6.54 Å². The summed E-state index contributed by atoms with van der Waals surface area (Å²) in [5.41, 5.74) is 8.10. The van der Waals surface area contributed by atoms with E-state index in [1.807, 2.05) is 6.07 Å². The van der Waals surface area contributed by atoms with Crippen LogP contribution >= 0.6 is 0 Å². The summed E-state index contributed by atoms with van der Waals surface area (Å²) in [4.78, 5) is 12.2. The minimum atomic E-state index is -0.926. The molecule has 0 fully saturated rings. The third kappa shape index (κ3) is 2.15. The molecule has 6 heteroatoms. The van der Waals surface area contributed by atoms with Gasteiger partial charge in [0.15, 0.2) is 5.84 Å². The third-order valence-corrected chi connectivity index (χ3v) is 2.89. The molecule has 0 aromatic heterocycles. The quantitative estimate of drug-likeness (QED) is 0.290. The van der Waals surface area contributed by atoms with Gasteiger partial charge in [-0.05, 0) is 23.6 Å². The van der Waals surface area contributed by atoms with Crippen molar-refractivity contribution in [3.05, 3.63) is 34.9 Å². The fourth-order valence-electron chi connectivity index (χ4n) is 1.94.